The van der Waals surface area contributed by atoms with Crippen LogP contribution in [0.15, 0.2) is 18.2 Å². The normalized spacial score (nSPS) is 10.1. The highest BCUT2D eigenvalue weighted by molar-refractivity contribution is 5.67. The summed E-state index contributed by atoms with van der Waals surface area (Å²) in [6, 6.07) is 4.77. The number of aryl methyl sites for hydroxylation is 1. The number of aliphatic carboxylic acids is 1. The second-order valence-electron chi connectivity index (χ2n) is 3.01. The lowest BCUT2D eigenvalue weighted by Gasteiger charge is -2.03. The van der Waals surface area contributed by atoms with Gasteiger partial charge in [-0.2, -0.15) is 0 Å². The second-order valence-corrected chi connectivity index (χ2v) is 3.01. The Bertz CT molecular complexity index is 333. The number of hydrogen-bond donors (Lipinski definition) is 3. The molecule has 0 heterocycles. The fourth-order valence-corrected chi connectivity index (χ4v) is 1.15. The molecule has 0 amide bonds. The smallest absolute Gasteiger partial charge is 0.303 e. The molecule has 4 nitrogen and oxygen atoms in total. The van der Waals surface area contributed by atoms with Gasteiger partial charge in [0.05, 0.1) is 6.61 Å². The van der Waals surface area contributed by atoms with E-state index in [0.717, 1.165) is 5.56 Å². The lowest BCUT2D eigenvalue weighted by atomic mass is 10.1. The first-order chi connectivity index (χ1) is 6.63. The van der Waals surface area contributed by atoms with E-state index in [2.05, 4.69) is 0 Å². The Morgan fingerprint density at radius 3 is 2.57 bits per heavy atom. The molecule has 1 rings (SSSR count). The maximum absolute atomic E-state index is 10.3. The highest BCUT2D eigenvalue weighted by atomic mass is 16.4. The van der Waals surface area contributed by atoms with Crippen molar-refractivity contribution >= 4 is 5.97 Å². The quantitative estimate of drug-likeness (QED) is 0.668. The molecule has 0 fully saturated rings. The molecule has 0 saturated carbocycles. The highest BCUT2D eigenvalue weighted by Crippen LogP contribution is 2.19. The van der Waals surface area contributed by atoms with Gasteiger partial charge in [-0.25, -0.2) is 0 Å². The minimum absolute atomic E-state index is 0.00962. The zero-order valence-electron chi connectivity index (χ0n) is 7.60. The molecular weight excluding hydrogens is 184 g/mol. The molecule has 0 atom stereocenters. The average Bonchev–Trinajstić information content (AvgIpc) is 2.15. The van der Waals surface area contributed by atoms with Crippen LogP contribution in [0.5, 0.6) is 5.75 Å². The van der Waals surface area contributed by atoms with E-state index < -0.39 is 5.97 Å². The minimum atomic E-state index is -0.865. The molecule has 0 spiro atoms. The molecule has 1 aromatic rings. The number of aliphatic hydroxyl groups excluding tert-OH is 1. The lowest BCUT2D eigenvalue weighted by Crippen LogP contribution is -1.97. The fourth-order valence-electron chi connectivity index (χ4n) is 1.15. The number of benzene rings is 1. The Kier molecular flexibility index (Phi) is 3.48. The number of aromatic hydroxyl groups is 1. The van der Waals surface area contributed by atoms with E-state index in [1.807, 2.05) is 0 Å². The summed E-state index contributed by atoms with van der Waals surface area (Å²) < 4.78 is 0. The zero-order chi connectivity index (χ0) is 10.6. The van der Waals surface area contributed by atoms with Gasteiger partial charge < -0.3 is 15.3 Å². The number of rotatable bonds is 4. The molecule has 1 aromatic carbocycles. The molecule has 0 saturated heterocycles. The monoisotopic (exact) mass is 196 g/mol. The van der Waals surface area contributed by atoms with Crippen molar-refractivity contribution in [2.24, 2.45) is 0 Å². The summed E-state index contributed by atoms with van der Waals surface area (Å²) in [4.78, 5) is 10.3. The van der Waals surface area contributed by atoms with Crippen LogP contribution < -0.4 is 0 Å². The Morgan fingerprint density at radius 1 is 1.36 bits per heavy atom. The summed E-state index contributed by atoms with van der Waals surface area (Å²) in [6.07, 6.45) is 0.423. The maximum Gasteiger partial charge on any atom is 0.303 e. The van der Waals surface area contributed by atoms with E-state index in [1.165, 1.54) is 6.07 Å². The molecule has 76 valence electrons. The summed E-state index contributed by atoms with van der Waals surface area (Å²) in [5.41, 5.74) is 1.20. The van der Waals surface area contributed by atoms with Gasteiger partial charge in [-0.3, -0.25) is 4.79 Å². The predicted molar refractivity (Wildman–Crippen MR) is 50.0 cm³/mol. The van der Waals surface area contributed by atoms with Crippen LogP contribution in [0.3, 0.4) is 0 Å². The van der Waals surface area contributed by atoms with E-state index in [-0.39, 0.29) is 18.8 Å². The predicted octanol–water partition coefficient (Wildman–Crippen LogP) is 0.902. The summed E-state index contributed by atoms with van der Waals surface area (Å²) in [5.74, 6) is -0.855. The molecule has 0 unspecified atom stereocenters. The Balaban J connectivity index is 2.71. The zero-order valence-corrected chi connectivity index (χ0v) is 7.60. The summed E-state index contributed by atoms with van der Waals surface area (Å²) in [6.45, 7) is -0.217. The van der Waals surface area contributed by atoms with Crippen LogP contribution in [0.4, 0.5) is 0 Å². The van der Waals surface area contributed by atoms with Crippen LogP contribution in [0, 0.1) is 0 Å². The van der Waals surface area contributed by atoms with Gasteiger partial charge >= 0.3 is 5.97 Å². The first-order valence-electron chi connectivity index (χ1n) is 4.27. The van der Waals surface area contributed by atoms with Crippen LogP contribution in [-0.4, -0.2) is 21.3 Å². The van der Waals surface area contributed by atoms with Crippen LogP contribution in [0.1, 0.15) is 17.5 Å². The third-order valence-corrected chi connectivity index (χ3v) is 1.95. The number of carboxylic acid groups (broad SMARTS) is 1. The molecule has 0 aromatic heterocycles. The molecule has 0 aliphatic rings. The van der Waals surface area contributed by atoms with E-state index >= 15 is 0 Å². The van der Waals surface area contributed by atoms with Crippen molar-refractivity contribution in [3.05, 3.63) is 29.3 Å². The van der Waals surface area contributed by atoms with Gasteiger partial charge in [-0.15, -0.1) is 0 Å². The van der Waals surface area contributed by atoms with E-state index in [1.54, 1.807) is 12.1 Å². The van der Waals surface area contributed by atoms with Crippen molar-refractivity contribution in [2.45, 2.75) is 19.4 Å². The number of aliphatic hydroxyl groups is 1. The molecule has 0 aliphatic carbocycles. The van der Waals surface area contributed by atoms with Crippen molar-refractivity contribution in [2.75, 3.05) is 0 Å². The lowest BCUT2D eigenvalue weighted by molar-refractivity contribution is -0.136. The SMILES string of the molecule is O=C(O)CCc1ccc(CO)c(O)c1. The van der Waals surface area contributed by atoms with Crippen molar-refractivity contribution in [3.63, 3.8) is 0 Å². The fraction of sp³-hybridized carbons (Fsp3) is 0.300. The van der Waals surface area contributed by atoms with Crippen LogP contribution in [0.25, 0.3) is 0 Å². The van der Waals surface area contributed by atoms with Gasteiger partial charge in [-0.05, 0) is 18.1 Å². The molecule has 3 N–H and O–H groups in total. The van der Waals surface area contributed by atoms with Crippen LogP contribution in [0.2, 0.25) is 0 Å². The van der Waals surface area contributed by atoms with Crippen molar-refractivity contribution in [1.29, 1.82) is 0 Å². The molecule has 14 heavy (non-hydrogen) atoms. The van der Waals surface area contributed by atoms with Gasteiger partial charge in [0.15, 0.2) is 0 Å². The van der Waals surface area contributed by atoms with Gasteiger partial charge in [0.25, 0.3) is 0 Å². The van der Waals surface area contributed by atoms with E-state index in [4.69, 9.17) is 10.2 Å². The van der Waals surface area contributed by atoms with Gasteiger partial charge in [-0.1, -0.05) is 12.1 Å². The molecular formula is C10H12O4. The standard InChI is InChI=1S/C10H12O4/c11-6-8-3-1-7(5-9(8)12)2-4-10(13)14/h1,3,5,11-12H,2,4,6H2,(H,13,14). The first kappa shape index (κ1) is 10.5. The van der Waals surface area contributed by atoms with Crippen molar-refractivity contribution < 1.29 is 20.1 Å². The molecule has 0 radical (unpaired) electrons. The number of carboxylic acids is 1. The van der Waals surface area contributed by atoms with Crippen LogP contribution in [-0.2, 0) is 17.8 Å². The second kappa shape index (κ2) is 4.62. The van der Waals surface area contributed by atoms with Crippen LogP contribution >= 0.6 is 0 Å². The van der Waals surface area contributed by atoms with Crippen molar-refractivity contribution in [3.8, 4) is 5.75 Å². The Hall–Kier alpha value is -1.55. The largest absolute Gasteiger partial charge is 0.508 e. The molecule has 4 heteroatoms. The first-order valence-corrected chi connectivity index (χ1v) is 4.27. The molecule has 0 aliphatic heterocycles. The maximum atomic E-state index is 10.3. The third-order valence-electron chi connectivity index (χ3n) is 1.95. The van der Waals surface area contributed by atoms with E-state index in [9.17, 15) is 9.90 Å². The molecule has 0 bridgehead atoms. The summed E-state index contributed by atoms with van der Waals surface area (Å²) >= 11 is 0. The van der Waals surface area contributed by atoms with Crippen molar-refractivity contribution in [1.82, 2.24) is 0 Å². The minimum Gasteiger partial charge on any atom is -0.508 e. The third kappa shape index (κ3) is 2.74. The Labute approximate surface area is 81.4 Å². The van der Waals surface area contributed by atoms with E-state index in [0.29, 0.717) is 12.0 Å². The topological polar surface area (TPSA) is 77.8 Å². The highest BCUT2D eigenvalue weighted by Gasteiger charge is 2.03. The number of hydrogen-bond acceptors (Lipinski definition) is 3. The number of carbonyl (C=O) groups is 1. The Morgan fingerprint density at radius 2 is 2.07 bits per heavy atom. The number of phenols is 1. The summed E-state index contributed by atoms with van der Waals surface area (Å²) in [7, 11) is 0. The van der Waals surface area contributed by atoms with Gasteiger partial charge in [0.2, 0.25) is 0 Å². The summed E-state index contributed by atoms with van der Waals surface area (Å²) in [5, 5.41) is 26.6. The average molecular weight is 196 g/mol. The van der Waals surface area contributed by atoms with Gasteiger partial charge in [0.1, 0.15) is 5.75 Å². The van der Waals surface area contributed by atoms with Gasteiger partial charge in [0, 0.05) is 12.0 Å².